The highest BCUT2D eigenvalue weighted by Gasteiger charge is 2.44. The molecule has 1 N–H and O–H groups in total. The number of benzene rings is 2. The van der Waals surface area contributed by atoms with Crippen molar-refractivity contribution in [2.75, 3.05) is 5.32 Å². The Bertz CT molecular complexity index is 927. The molecule has 2 aromatic carbocycles. The van der Waals surface area contributed by atoms with Crippen LogP contribution in [0.3, 0.4) is 0 Å². The first kappa shape index (κ1) is 16.1. The number of nitrogens with one attached hydrogen (secondary N) is 1. The first-order chi connectivity index (χ1) is 12.1. The third-order valence-corrected chi connectivity index (χ3v) is 4.89. The van der Waals surface area contributed by atoms with Crippen LogP contribution in [0.15, 0.2) is 55.1 Å². The van der Waals surface area contributed by atoms with Gasteiger partial charge in [0, 0.05) is 16.0 Å². The maximum absolute atomic E-state index is 12.7. The topological polar surface area (TPSA) is 59.8 Å². The lowest BCUT2D eigenvalue weighted by Crippen LogP contribution is -2.16. The standard InChI is InChI=1S/C18H14Cl2N4O/c19-11-5-6-17(24-10-21-9-22-24)16(7-11)23-18(25)14-8-13(14)12-3-1-2-4-15(12)20/h1-7,9-10,13-14H,8H2,(H,23,25). The van der Waals surface area contributed by atoms with Gasteiger partial charge >= 0.3 is 0 Å². The smallest absolute Gasteiger partial charge is 0.228 e. The third kappa shape index (κ3) is 3.25. The van der Waals surface area contributed by atoms with E-state index in [2.05, 4.69) is 15.4 Å². The molecule has 1 aliphatic rings. The molecule has 0 radical (unpaired) electrons. The van der Waals surface area contributed by atoms with E-state index in [1.54, 1.807) is 29.2 Å². The predicted molar refractivity (Wildman–Crippen MR) is 97.3 cm³/mol. The maximum atomic E-state index is 12.7. The van der Waals surface area contributed by atoms with Crippen molar-refractivity contribution in [2.24, 2.45) is 5.92 Å². The lowest BCUT2D eigenvalue weighted by atomic mass is 10.1. The first-order valence-corrected chi connectivity index (χ1v) is 8.59. The number of halogens is 2. The summed E-state index contributed by atoms with van der Waals surface area (Å²) in [5.41, 5.74) is 2.34. The van der Waals surface area contributed by atoms with Crippen molar-refractivity contribution in [1.29, 1.82) is 0 Å². The van der Waals surface area contributed by atoms with E-state index in [0.717, 1.165) is 12.0 Å². The molecule has 126 valence electrons. The fourth-order valence-corrected chi connectivity index (χ4v) is 3.42. The minimum Gasteiger partial charge on any atom is -0.324 e. The zero-order chi connectivity index (χ0) is 17.4. The zero-order valence-electron chi connectivity index (χ0n) is 13.1. The van der Waals surface area contributed by atoms with Gasteiger partial charge < -0.3 is 5.32 Å². The molecule has 4 rings (SSSR count). The van der Waals surface area contributed by atoms with Gasteiger partial charge in [-0.1, -0.05) is 41.4 Å². The molecule has 0 spiro atoms. The van der Waals surface area contributed by atoms with Gasteiger partial charge in [-0.2, -0.15) is 5.10 Å². The predicted octanol–water partition coefficient (Wildman–Crippen LogP) is 4.32. The highest BCUT2D eigenvalue weighted by atomic mass is 35.5. The van der Waals surface area contributed by atoms with Crippen LogP contribution < -0.4 is 5.32 Å². The van der Waals surface area contributed by atoms with Gasteiger partial charge in [0.15, 0.2) is 0 Å². The average molecular weight is 373 g/mol. The molecule has 1 saturated carbocycles. The monoisotopic (exact) mass is 372 g/mol. The van der Waals surface area contributed by atoms with Crippen molar-refractivity contribution in [1.82, 2.24) is 14.8 Å². The second-order valence-corrected chi connectivity index (χ2v) is 6.80. The Morgan fingerprint density at radius 2 is 2.04 bits per heavy atom. The molecule has 3 aromatic rings. The molecule has 0 saturated heterocycles. The van der Waals surface area contributed by atoms with Crippen LogP contribution in [-0.2, 0) is 4.79 Å². The van der Waals surface area contributed by atoms with E-state index in [4.69, 9.17) is 23.2 Å². The Morgan fingerprint density at radius 1 is 1.20 bits per heavy atom. The van der Waals surface area contributed by atoms with E-state index in [0.29, 0.717) is 21.4 Å². The SMILES string of the molecule is O=C(Nc1cc(Cl)ccc1-n1cncn1)C1CC1c1ccccc1Cl. The summed E-state index contributed by atoms with van der Waals surface area (Å²) >= 11 is 12.3. The quantitative estimate of drug-likeness (QED) is 0.741. The summed E-state index contributed by atoms with van der Waals surface area (Å²) in [4.78, 5) is 16.6. The summed E-state index contributed by atoms with van der Waals surface area (Å²) in [6, 6.07) is 12.9. The third-order valence-electron chi connectivity index (χ3n) is 4.31. The lowest BCUT2D eigenvalue weighted by molar-refractivity contribution is -0.117. The zero-order valence-corrected chi connectivity index (χ0v) is 14.6. The summed E-state index contributed by atoms with van der Waals surface area (Å²) in [7, 11) is 0. The first-order valence-electron chi connectivity index (χ1n) is 7.83. The summed E-state index contributed by atoms with van der Waals surface area (Å²) in [5, 5.41) is 8.32. The van der Waals surface area contributed by atoms with Crippen LogP contribution in [0, 0.1) is 5.92 Å². The van der Waals surface area contributed by atoms with Gasteiger partial charge in [-0.05, 0) is 42.2 Å². The van der Waals surface area contributed by atoms with Crippen LogP contribution in [0.1, 0.15) is 17.9 Å². The van der Waals surface area contributed by atoms with Crippen LogP contribution >= 0.6 is 23.2 Å². The fraction of sp³-hybridized carbons (Fsp3) is 0.167. The molecule has 1 aliphatic carbocycles. The Morgan fingerprint density at radius 3 is 2.80 bits per heavy atom. The van der Waals surface area contributed by atoms with E-state index in [9.17, 15) is 4.79 Å². The van der Waals surface area contributed by atoms with Crippen molar-refractivity contribution in [3.63, 3.8) is 0 Å². The number of carbonyl (C=O) groups excluding carboxylic acids is 1. The molecule has 1 heterocycles. The average Bonchev–Trinajstić information content (AvgIpc) is 3.21. The van der Waals surface area contributed by atoms with Gasteiger partial charge in [0.2, 0.25) is 5.91 Å². The lowest BCUT2D eigenvalue weighted by Gasteiger charge is -2.11. The second-order valence-electron chi connectivity index (χ2n) is 5.96. The van der Waals surface area contributed by atoms with Gasteiger partial charge in [-0.25, -0.2) is 9.67 Å². The number of nitrogens with zero attached hydrogens (tertiary/aromatic N) is 3. The van der Waals surface area contributed by atoms with Gasteiger partial charge in [-0.15, -0.1) is 0 Å². The Hall–Kier alpha value is -2.37. The second kappa shape index (κ2) is 6.50. The van der Waals surface area contributed by atoms with Gasteiger partial charge in [-0.3, -0.25) is 4.79 Å². The fourth-order valence-electron chi connectivity index (χ4n) is 2.97. The number of rotatable bonds is 4. The minimum absolute atomic E-state index is 0.0476. The summed E-state index contributed by atoms with van der Waals surface area (Å²) in [6.45, 7) is 0. The Labute approximate surface area is 154 Å². The number of hydrogen-bond acceptors (Lipinski definition) is 3. The van der Waals surface area contributed by atoms with Crippen molar-refractivity contribution in [3.8, 4) is 5.69 Å². The Kier molecular flexibility index (Phi) is 4.19. The molecule has 25 heavy (non-hydrogen) atoms. The minimum atomic E-state index is -0.0949. The summed E-state index contributed by atoms with van der Waals surface area (Å²) in [5.74, 6) is 0.0127. The van der Waals surface area contributed by atoms with E-state index >= 15 is 0 Å². The highest BCUT2D eigenvalue weighted by Crippen LogP contribution is 2.50. The largest absolute Gasteiger partial charge is 0.324 e. The molecule has 1 amide bonds. The number of amides is 1. The molecule has 0 bridgehead atoms. The summed E-state index contributed by atoms with van der Waals surface area (Å²) in [6.07, 6.45) is 3.80. The highest BCUT2D eigenvalue weighted by molar-refractivity contribution is 6.31. The van der Waals surface area contributed by atoms with Crippen LogP contribution in [0.25, 0.3) is 5.69 Å². The van der Waals surface area contributed by atoms with Crippen LogP contribution in [0.5, 0.6) is 0 Å². The number of aromatic nitrogens is 3. The number of anilines is 1. The molecule has 7 heteroatoms. The maximum Gasteiger partial charge on any atom is 0.228 e. The van der Waals surface area contributed by atoms with Crippen molar-refractivity contribution in [3.05, 3.63) is 70.7 Å². The molecule has 2 unspecified atom stereocenters. The van der Waals surface area contributed by atoms with Gasteiger partial charge in [0.05, 0.1) is 11.4 Å². The molecule has 5 nitrogen and oxygen atoms in total. The number of hydrogen-bond donors (Lipinski definition) is 1. The van der Waals surface area contributed by atoms with Crippen LogP contribution in [0.4, 0.5) is 5.69 Å². The van der Waals surface area contributed by atoms with Gasteiger partial charge in [0.25, 0.3) is 0 Å². The van der Waals surface area contributed by atoms with E-state index in [1.807, 2.05) is 24.3 Å². The Balaban J connectivity index is 1.55. The summed E-state index contributed by atoms with van der Waals surface area (Å²) < 4.78 is 1.59. The van der Waals surface area contributed by atoms with E-state index < -0.39 is 0 Å². The molecule has 1 aromatic heterocycles. The van der Waals surface area contributed by atoms with Crippen molar-refractivity contribution in [2.45, 2.75) is 12.3 Å². The molecular weight excluding hydrogens is 359 g/mol. The number of carbonyl (C=O) groups is 1. The molecule has 1 fully saturated rings. The van der Waals surface area contributed by atoms with Crippen LogP contribution in [0.2, 0.25) is 10.0 Å². The molecule has 0 aliphatic heterocycles. The van der Waals surface area contributed by atoms with Gasteiger partial charge in [0.1, 0.15) is 12.7 Å². The van der Waals surface area contributed by atoms with Crippen LogP contribution in [-0.4, -0.2) is 20.7 Å². The normalized spacial score (nSPS) is 18.8. The molecule has 2 atom stereocenters. The van der Waals surface area contributed by atoms with Crippen molar-refractivity contribution >= 4 is 34.8 Å². The van der Waals surface area contributed by atoms with E-state index in [1.165, 1.54) is 6.33 Å². The van der Waals surface area contributed by atoms with Crippen molar-refractivity contribution < 1.29 is 4.79 Å². The molecular formula is C18H14Cl2N4O. The van der Waals surface area contributed by atoms with E-state index in [-0.39, 0.29) is 17.7 Å².